The number of benzene rings is 3. The van der Waals surface area contributed by atoms with Crippen LogP contribution in [0.2, 0.25) is 0 Å². The SMILES string of the molecule is COc1cccc(-c2cc(C)c(OCc3ccccc3)c(C=O)c2)c1. The molecule has 0 radical (unpaired) electrons. The fraction of sp³-hybridized carbons (Fsp3) is 0.136. The molecule has 0 N–H and O–H groups in total. The second-order valence-electron chi connectivity index (χ2n) is 5.84. The van der Waals surface area contributed by atoms with Crippen LogP contribution in [-0.4, -0.2) is 13.4 Å². The molecular formula is C22H20O3. The van der Waals surface area contributed by atoms with Crippen LogP contribution < -0.4 is 9.47 Å². The molecule has 126 valence electrons. The summed E-state index contributed by atoms with van der Waals surface area (Å²) in [4.78, 5) is 11.6. The number of aldehydes is 1. The molecule has 0 amide bonds. The van der Waals surface area contributed by atoms with Crippen molar-refractivity contribution in [2.45, 2.75) is 13.5 Å². The van der Waals surface area contributed by atoms with E-state index in [1.54, 1.807) is 7.11 Å². The van der Waals surface area contributed by atoms with E-state index >= 15 is 0 Å². The van der Waals surface area contributed by atoms with Crippen LogP contribution in [0.25, 0.3) is 11.1 Å². The van der Waals surface area contributed by atoms with Crippen LogP contribution in [-0.2, 0) is 6.61 Å². The highest BCUT2D eigenvalue weighted by Crippen LogP contribution is 2.31. The normalized spacial score (nSPS) is 10.3. The molecule has 0 aliphatic heterocycles. The molecule has 0 bridgehead atoms. The maximum absolute atomic E-state index is 11.6. The standard InChI is InChI=1S/C22H20O3/c1-16-11-19(18-9-6-10-21(13-18)24-2)12-20(14-23)22(16)25-15-17-7-4-3-5-8-17/h3-14H,15H2,1-2H3. The summed E-state index contributed by atoms with van der Waals surface area (Å²) < 4.78 is 11.2. The Morgan fingerprint density at radius 1 is 0.920 bits per heavy atom. The van der Waals surface area contributed by atoms with Gasteiger partial charge in [0.15, 0.2) is 6.29 Å². The highest BCUT2D eigenvalue weighted by molar-refractivity contribution is 5.84. The van der Waals surface area contributed by atoms with Gasteiger partial charge in [-0.1, -0.05) is 42.5 Å². The van der Waals surface area contributed by atoms with Gasteiger partial charge in [0.25, 0.3) is 0 Å². The van der Waals surface area contributed by atoms with Gasteiger partial charge >= 0.3 is 0 Å². The smallest absolute Gasteiger partial charge is 0.153 e. The topological polar surface area (TPSA) is 35.5 Å². The van der Waals surface area contributed by atoms with Crippen LogP contribution in [0.3, 0.4) is 0 Å². The number of rotatable bonds is 6. The fourth-order valence-electron chi connectivity index (χ4n) is 2.78. The second-order valence-corrected chi connectivity index (χ2v) is 5.84. The van der Waals surface area contributed by atoms with Gasteiger partial charge in [-0.05, 0) is 53.4 Å². The predicted octanol–water partition coefficient (Wildman–Crippen LogP) is 5.06. The number of ether oxygens (including phenoxy) is 2. The van der Waals surface area contributed by atoms with Gasteiger partial charge < -0.3 is 9.47 Å². The summed E-state index contributed by atoms with van der Waals surface area (Å²) in [5, 5.41) is 0. The lowest BCUT2D eigenvalue weighted by molar-refractivity contribution is 0.111. The largest absolute Gasteiger partial charge is 0.497 e. The minimum Gasteiger partial charge on any atom is -0.497 e. The Morgan fingerprint density at radius 2 is 1.72 bits per heavy atom. The molecule has 3 heteroatoms. The molecule has 0 aliphatic carbocycles. The molecule has 3 nitrogen and oxygen atoms in total. The van der Waals surface area contributed by atoms with E-state index in [0.717, 1.165) is 34.3 Å². The molecule has 3 aromatic rings. The van der Waals surface area contributed by atoms with Gasteiger partial charge in [0.2, 0.25) is 0 Å². The summed E-state index contributed by atoms with van der Waals surface area (Å²) in [6.07, 6.45) is 0.844. The number of hydrogen-bond acceptors (Lipinski definition) is 3. The third kappa shape index (κ3) is 3.89. The summed E-state index contributed by atoms with van der Waals surface area (Å²) in [5.74, 6) is 1.41. The third-order valence-corrected chi connectivity index (χ3v) is 4.06. The van der Waals surface area contributed by atoms with Crippen molar-refractivity contribution in [2.24, 2.45) is 0 Å². The maximum Gasteiger partial charge on any atom is 0.153 e. The summed E-state index contributed by atoms with van der Waals surface area (Å²) in [7, 11) is 1.64. The summed E-state index contributed by atoms with van der Waals surface area (Å²) >= 11 is 0. The van der Waals surface area contributed by atoms with Crippen molar-refractivity contribution in [3.8, 4) is 22.6 Å². The van der Waals surface area contributed by atoms with Crippen LogP contribution in [0, 0.1) is 6.92 Å². The minimum absolute atomic E-state index is 0.432. The molecule has 0 aliphatic rings. The summed E-state index contributed by atoms with van der Waals surface area (Å²) in [6, 6.07) is 21.6. The molecule has 0 aromatic heterocycles. The van der Waals surface area contributed by atoms with Crippen molar-refractivity contribution < 1.29 is 14.3 Å². The maximum atomic E-state index is 11.6. The van der Waals surface area contributed by atoms with Crippen molar-refractivity contribution in [3.05, 3.63) is 83.4 Å². The Hall–Kier alpha value is -3.07. The first-order valence-electron chi connectivity index (χ1n) is 8.12. The molecule has 0 heterocycles. The zero-order valence-electron chi connectivity index (χ0n) is 14.4. The van der Waals surface area contributed by atoms with E-state index < -0.39 is 0 Å². The molecule has 0 saturated carbocycles. The number of methoxy groups -OCH3 is 1. The molecule has 3 aromatic carbocycles. The number of hydrogen-bond donors (Lipinski definition) is 0. The molecule has 0 spiro atoms. The third-order valence-electron chi connectivity index (χ3n) is 4.06. The van der Waals surface area contributed by atoms with E-state index in [9.17, 15) is 4.79 Å². The molecule has 0 saturated heterocycles. The zero-order chi connectivity index (χ0) is 17.6. The molecule has 0 fully saturated rings. The van der Waals surface area contributed by atoms with Gasteiger partial charge in [-0.2, -0.15) is 0 Å². The van der Waals surface area contributed by atoms with Gasteiger partial charge in [0.1, 0.15) is 18.1 Å². The molecule has 3 rings (SSSR count). The van der Waals surface area contributed by atoms with E-state index in [1.807, 2.05) is 73.7 Å². The van der Waals surface area contributed by atoms with Crippen molar-refractivity contribution in [2.75, 3.05) is 7.11 Å². The first-order valence-corrected chi connectivity index (χ1v) is 8.12. The van der Waals surface area contributed by atoms with E-state index in [2.05, 4.69) is 0 Å². The van der Waals surface area contributed by atoms with E-state index in [-0.39, 0.29) is 0 Å². The van der Waals surface area contributed by atoms with Crippen LogP contribution in [0.5, 0.6) is 11.5 Å². The van der Waals surface area contributed by atoms with Crippen molar-refractivity contribution in [1.82, 2.24) is 0 Å². The predicted molar refractivity (Wildman–Crippen MR) is 99.3 cm³/mol. The lowest BCUT2D eigenvalue weighted by Gasteiger charge is -2.14. The molecule has 0 atom stereocenters. The van der Waals surface area contributed by atoms with E-state index in [4.69, 9.17) is 9.47 Å². The van der Waals surface area contributed by atoms with Crippen molar-refractivity contribution >= 4 is 6.29 Å². The Labute approximate surface area is 147 Å². The minimum atomic E-state index is 0.432. The lowest BCUT2D eigenvalue weighted by atomic mass is 9.99. The molecular weight excluding hydrogens is 312 g/mol. The van der Waals surface area contributed by atoms with Crippen LogP contribution >= 0.6 is 0 Å². The van der Waals surface area contributed by atoms with E-state index in [0.29, 0.717) is 17.9 Å². The van der Waals surface area contributed by atoms with E-state index in [1.165, 1.54) is 0 Å². The number of carbonyl (C=O) groups is 1. The van der Waals surface area contributed by atoms with Crippen LogP contribution in [0.15, 0.2) is 66.7 Å². The highest BCUT2D eigenvalue weighted by Gasteiger charge is 2.11. The summed E-state index contributed by atoms with van der Waals surface area (Å²) in [5.41, 5.74) is 4.51. The quantitative estimate of drug-likeness (QED) is 0.592. The van der Waals surface area contributed by atoms with Gasteiger partial charge in [-0.3, -0.25) is 4.79 Å². The second kappa shape index (κ2) is 7.67. The average Bonchev–Trinajstić information content (AvgIpc) is 2.67. The Kier molecular flexibility index (Phi) is 5.14. The monoisotopic (exact) mass is 332 g/mol. The van der Waals surface area contributed by atoms with Gasteiger partial charge in [-0.25, -0.2) is 0 Å². The Balaban J connectivity index is 1.91. The number of carbonyl (C=O) groups excluding carboxylic acids is 1. The van der Waals surface area contributed by atoms with Crippen molar-refractivity contribution in [1.29, 1.82) is 0 Å². The van der Waals surface area contributed by atoms with Crippen molar-refractivity contribution in [3.63, 3.8) is 0 Å². The Morgan fingerprint density at radius 3 is 2.44 bits per heavy atom. The zero-order valence-corrected chi connectivity index (χ0v) is 14.4. The average molecular weight is 332 g/mol. The molecule has 0 unspecified atom stereocenters. The van der Waals surface area contributed by atoms with Gasteiger partial charge in [0.05, 0.1) is 12.7 Å². The Bertz CT molecular complexity index is 870. The lowest BCUT2D eigenvalue weighted by Crippen LogP contribution is -2.01. The molecule has 25 heavy (non-hydrogen) atoms. The van der Waals surface area contributed by atoms with Crippen LogP contribution in [0.4, 0.5) is 0 Å². The number of aryl methyl sites for hydroxylation is 1. The van der Waals surface area contributed by atoms with Gasteiger partial charge in [0, 0.05) is 0 Å². The highest BCUT2D eigenvalue weighted by atomic mass is 16.5. The first-order chi connectivity index (χ1) is 12.2. The summed E-state index contributed by atoms with van der Waals surface area (Å²) in [6.45, 7) is 2.39. The first kappa shape index (κ1) is 16.8. The van der Waals surface area contributed by atoms with Crippen LogP contribution in [0.1, 0.15) is 21.5 Å². The fourth-order valence-corrected chi connectivity index (χ4v) is 2.78. The van der Waals surface area contributed by atoms with Gasteiger partial charge in [-0.15, -0.1) is 0 Å².